The van der Waals surface area contributed by atoms with Gasteiger partial charge in [0.1, 0.15) is 5.75 Å². The molecule has 2 aromatic rings. The number of benzene rings is 2. The number of rotatable bonds is 10. The second-order valence-corrected chi connectivity index (χ2v) is 7.75. The summed E-state index contributed by atoms with van der Waals surface area (Å²) < 4.78 is 5.96. The van der Waals surface area contributed by atoms with Gasteiger partial charge in [-0.3, -0.25) is 0 Å². The molecule has 0 radical (unpaired) electrons. The number of hydrogen-bond donors (Lipinski definition) is 1. The zero-order chi connectivity index (χ0) is 17.4. The highest BCUT2D eigenvalue weighted by atomic mass is 32.2. The highest BCUT2D eigenvalue weighted by Crippen LogP contribution is 2.34. The lowest BCUT2D eigenvalue weighted by Gasteiger charge is -2.14. The van der Waals surface area contributed by atoms with Gasteiger partial charge in [0.15, 0.2) is 0 Å². The van der Waals surface area contributed by atoms with Crippen LogP contribution in [0.2, 0.25) is 0 Å². The number of unbranched alkanes of at least 4 members (excludes halogenated alkanes) is 1. The highest BCUT2D eigenvalue weighted by Gasteiger charge is 2.10. The van der Waals surface area contributed by atoms with Gasteiger partial charge in [-0.05, 0) is 48.5 Å². The number of thioether (sulfide) groups is 1. The fraction of sp³-hybridized carbons (Fsp3) is 0.524. The van der Waals surface area contributed by atoms with Gasteiger partial charge in [0.05, 0.1) is 12.7 Å². The largest absolute Gasteiger partial charge is 0.493 e. The lowest BCUT2D eigenvalue weighted by Crippen LogP contribution is -2.14. The number of hydrogen-bond acceptors (Lipinski definition) is 3. The van der Waals surface area contributed by atoms with Crippen LogP contribution in [-0.2, 0) is 0 Å². The molecule has 0 amide bonds. The fourth-order valence-electron chi connectivity index (χ4n) is 2.63. The molecule has 132 valence electrons. The van der Waals surface area contributed by atoms with E-state index in [0.29, 0.717) is 5.92 Å². The van der Waals surface area contributed by atoms with Crippen LogP contribution in [0.4, 0.5) is 0 Å². The van der Waals surface area contributed by atoms with Gasteiger partial charge in [-0.15, -0.1) is 11.8 Å². The summed E-state index contributed by atoms with van der Waals surface area (Å²) >= 11 is 1.87. The molecule has 0 aliphatic carbocycles. The van der Waals surface area contributed by atoms with Crippen molar-refractivity contribution < 1.29 is 9.84 Å². The fourth-order valence-corrected chi connectivity index (χ4v) is 3.66. The number of ether oxygens (including phenoxy) is 1. The molecule has 0 saturated carbocycles. The van der Waals surface area contributed by atoms with Crippen LogP contribution in [0.15, 0.2) is 41.3 Å². The molecular weight excluding hydrogens is 316 g/mol. The van der Waals surface area contributed by atoms with E-state index in [1.165, 1.54) is 15.7 Å². The van der Waals surface area contributed by atoms with Crippen molar-refractivity contribution in [2.45, 2.75) is 57.5 Å². The van der Waals surface area contributed by atoms with E-state index >= 15 is 0 Å². The first-order chi connectivity index (χ1) is 11.6. The van der Waals surface area contributed by atoms with Crippen molar-refractivity contribution in [1.82, 2.24) is 0 Å². The lowest BCUT2D eigenvalue weighted by atomic mass is 10.0. The molecule has 0 saturated heterocycles. The Morgan fingerprint density at radius 3 is 2.50 bits per heavy atom. The van der Waals surface area contributed by atoms with E-state index in [1.807, 2.05) is 11.8 Å². The molecule has 0 aliphatic rings. The topological polar surface area (TPSA) is 29.5 Å². The molecule has 1 N–H and O–H groups in total. The minimum Gasteiger partial charge on any atom is -0.493 e. The van der Waals surface area contributed by atoms with Crippen LogP contribution >= 0.6 is 11.8 Å². The second-order valence-electron chi connectivity index (χ2n) is 6.61. The number of aliphatic hydroxyl groups excluding tert-OH is 1. The van der Waals surface area contributed by atoms with E-state index < -0.39 is 0 Å². The van der Waals surface area contributed by atoms with Crippen molar-refractivity contribution in [1.29, 1.82) is 0 Å². The van der Waals surface area contributed by atoms with E-state index in [2.05, 4.69) is 57.2 Å². The first-order valence-corrected chi connectivity index (χ1v) is 10.1. The maximum absolute atomic E-state index is 9.91. The molecule has 1 unspecified atom stereocenters. The molecule has 0 aromatic heterocycles. The molecule has 0 bridgehead atoms. The smallest absolute Gasteiger partial charge is 0.127 e. The van der Waals surface area contributed by atoms with E-state index in [1.54, 1.807) is 0 Å². The van der Waals surface area contributed by atoms with Crippen LogP contribution < -0.4 is 4.74 Å². The summed E-state index contributed by atoms with van der Waals surface area (Å²) in [6.45, 7) is 7.10. The SMILES string of the molecule is CCCCOc1ccc(SCCCC(O)C(C)C)c2ccccc12. The molecule has 0 spiro atoms. The van der Waals surface area contributed by atoms with Gasteiger partial charge < -0.3 is 9.84 Å². The third-order valence-corrected chi connectivity index (χ3v) is 5.43. The first kappa shape index (κ1) is 19.1. The van der Waals surface area contributed by atoms with Crippen molar-refractivity contribution in [3.63, 3.8) is 0 Å². The molecule has 2 nitrogen and oxygen atoms in total. The van der Waals surface area contributed by atoms with E-state index in [0.717, 1.165) is 43.8 Å². The molecule has 3 heteroatoms. The Hall–Kier alpha value is -1.19. The van der Waals surface area contributed by atoms with Crippen LogP contribution in [0.25, 0.3) is 10.8 Å². The van der Waals surface area contributed by atoms with Crippen molar-refractivity contribution in [3.8, 4) is 5.75 Å². The zero-order valence-corrected chi connectivity index (χ0v) is 15.9. The van der Waals surface area contributed by atoms with E-state index in [9.17, 15) is 5.11 Å². The summed E-state index contributed by atoms with van der Waals surface area (Å²) in [5, 5.41) is 12.4. The summed E-state index contributed by atoms with van der Waals surface area (Å²) in [6, 6.07) is 12.8. The maximum atomic E-state index is 9.91. The second kappa shape index (κ2) is 9.95. The molecule has 2 aromatic carbocycles. The molecule has 0 aliphatic heterocycles. The Balaban J connectivity index is 2.02. The van der Waals surface area contributed by atoms with Crippen molar-refractivity contribution in [2.24, 2.45) is 5.92 Å². The minimum atomic E-state index is -0.184. The summed E-state index contributed by atoms with van der Waals surface area (Å²) in [5.41, 5.74) is 0. The van der Waals surface area contributed by atoms with Crippen molar-refractivity contribution in [3.05, 3.63) is 36.4 Å². The average Bonchev–Trinajstić information content (AvgIpc) is 2.59. The van der Waals surface area contributed by atoms with Gasteiger partial charge in [-0.2, -0.15) is 0 Å². The Morgan fingerprint density at radius 1 is 1.04 bits per heavy atom. The number of fused-ring (bicyclic) bond motifs is 1. The third kappa shape index (κ3) is 5.42. The molecule has 0 heterocycles. The van der Waals surface area contributed by atoms with Crippen LogP contribution in [0, 0.1) is 5.92 Å². The normalized spacial score (nSPS) is 12.7. The van der Waals surface area contributed by atoms with Gasteiger partial charge in [0, 0.05) is 10.3 Å². The van der Waals surface area contributed by atoms with E-state index in [-0.39, 0.29) is 6.10 Å². The first-order valence-electron chi connectivity index (χ1n) is 9.09. The number of aliphatic hydroxyl groups is 1. The molecule has 2 rings (SSSR count). The summed E-state index contributed by atoms with van der Waals surface area (Å²) in [7, 11) is 0. The molecule has 0 fully saturated rings. The van der Waals surface area contributed by atoms with Gasteiger partial charge in [0.2, 0.25) is 0 Å². The van der Waals surface area contributed by atoms with Crippen LogP contribution in [0.3, 0.4) is 0 Å². The standard InChI is InChI=1S/C21H30O2S/c1-4-5-14-23-20-12-13-21(18-10-7-6-9-17(18)20)24-15-8-11-19(22)16(2)3/h6-7,9-10,12-13,16,19,22H,4-5,8,11,14-15H2,1-3H3. The average molecular weight is 347 g/mol. The Morgan fingerprint density at radius 2 is 1.79 bits per heavy atom. The minimum absolute atomic E-state index is 0.184. The third-order valence-electron chi connectivity index (χ3n) is 4.27. The zero-order valence-electron chi connectivity index (χ0n) is 15.1. The molecule has 1 atom stereocenters. The van der Waals surface area contributed by atoms with Crippen LogP contribution in [0.5, 0.6) is 5.75 Å². The van der Waals surface area contributed by atoms with Gasteiger partial charge in [-0.1, -0.05) is 51.5 Å². The quantitative estimate of drug-likeness (QED) is 0.428. The monoisotopic (exact) mass is 346 g/mol. The lowest BCUT2D eigenvalue weighted by molar-refractivity contribution is 0.116. The summed E-state index contributed by atoms with van der Waals surface area (Å²) in [4.78, 5) is 1.30. The van der Waals surface area contributed by atoms with Crippen molar-refractivity contribution in [2.75, 3.05) is 12.4 Å². The van der Waals surface area contributed by atoms with E-state index in [4.69, 9.17) is 4.74 Å². The molecular formula is C21H30O2S. The van der Waals surface area contributed by atoms with Crippen molar-refractivity contribution >= 4 is 22.5 Å². The summed E-state index contributed by atoms with van der Waals surface area (Å²) in [5.74, 6) is 2.36. The highest BCUT2D eigenvalue weighted by molar-refractivity contribution is 7.99. The predicted octanol–water partition coefficient (Wildman–Crippen LogP) is 5.91. The summed E-state index contributed by atoms with van der Waals surface area (Å²) in [6.07, 6.45) is 3.96. The van der Waals surface area contributed by atoms with Gasteiger partial charge in [0.25, 0.3) is 0 Å². The van der Waals surface area contributed by atoms with Crippen LogP contribution in [0.1, 0.15) is 46.5 Å². The molecule has 24 heavy (non-hydrogen) atoms. The Kier molecular flexibility index (Phi) is 7.93. The van der Waals surface area contributed by atoms with Gasteiger partial charge in [-0.25, -0.2) is 0 Å². The Labute approximate surface area is 150 Å². The van der Waals surface area contributed by atoms with Gasteiger partial charge >= 0.3 is 0 Å². The van der Waals surface area contributed by atoms with Crippen LogP contribution in [-0.4, -0.2) is 23.6 Å². The Bertz CT molecular complexity index is 624. The predicted molar refractivity (Wildman–Crippen MR) is 105 cm³/mol. The maximum Gasteiger partial charge on any atom is 0.127 e.